The number of carboxylic acids is 1. The summed E-state index contributed by atoms with van der Waals surface area (Å²) in [6, 6.07) is 12.4. The van der Waals surface area contributed by atoms with Crippen LogP contribution in [-0.4, -0.2) is 36.3 Å². The van der Waals surface area contributed by atoms with E-state index in [1.807, 2.05) is 6.07 Å². The SMILES string of the molecule is CCCCCCSc1nc2ccc(S(=O)(=O)N[C@H](Cc3ccccc3)C(=O)O)cc2s1. The average Bonchev–Trinajstić information content (AvgIpc) is 3.15. The monoisotopic (exact) mass is 478 g/mol. The van der Waals surface area contributed by atoms with Gasteiger partial charge < -0.3 is 5.11 Å². The maximum Gasteiger partial charge on any atom is 0.322 e. The Hall–Kier alpha value is -1.94. The molecular weight excluding hydrogens is 452 g/mol. The Labute approximate surface area is 191 Å². The molecule has 2 N–H and O–H groups in total. The molecule has 31 heavy (non-hydrogen) atoms. The number of thioether (sulfide) groups is 1. The van der Waals surface area contributed by atoms with Gasteiger partial charge in [-0.3, -0.25) is 4.79 Å². The predicted octanol–water partition coefficient (Wildman–Crippen LogP) is 4.94. The summed E-state index contributed by atoms with van der Waals surface area (Å²) in [4.78, 5) is 16.3. The van der Waals surface area contributed by atoms with Gasteiger partial charge in [0.15, 0.2) is 4.34 Å². The van der Waals surface area contributed by atoms with Gasteiger partial charge in [0, 0.05) is 5.75 Å². The van der Waals surface area contributed by atoms with E-state index in [9.17, 15) is 18.3 Å². The molecule has 2 aromatic carbocycles. The van der Waals surface area contributed by atoms with Crippen molar-refractivity contribution in [2.45, 2.75) is 54.3 Å². The number of nitrogens with one attached hydrogen (secondary N) is 1. The fraction of sp³-hybridized carbons (Fsp3) is 0.364. The fourth-order valence-corrected chi connectivity index (χ4v) is 6.55. The van der Waals surface area contributed by atoms with Gasteiger partial charge in [-0.15, -0.1) is 11.3 Å². The van der Waals surface area contributed by atoms with Crippen LogP contribution in [0, 0.1) is 0 Å². The highest BCUT2D eigenvalue weighted by atomic mass is 32.2. The number of unbranched alkanes of at least 4 members (excludes halogenated alkanes) is 3. The summed E-state index contributed by atoms with van der Waals surface area (Å²) in [6.45, 7) is 2.18. The minimum atomic E-state index is -3.99. The first-order chi connectivity index (χ1) is 14.9. The molecule has 0 saturated heterocycles. The zero-order valence-electron chi connectivity index (χ0n) is 17.3. The number of thiazole rings is 1. The van der Waals surface area contributed by atoms with E-state index >= 15 is 0 Å². The van der Waals surface area contributed by atoms with Crippen molar-refractivity contribution in [2.24, 2.45) is 0 Å². The smallest absolute Gasteiger partial charge is 0.322 e. The van der Waals surface area contributed by atoms with Crippen LogP contribution in [0.15, 0.2) is 57.8 Å². The van der Waals surface area contributed by atoms with Crippen LogP contribution in [0.5, 0.6) is 0 Å². The number of carboxylic acid groups (broad SMARTS) is 1. The molecule has 9 heteroatoms. The second-order valence-electron chi connectivity index (χ2n) is 7.22. The molecule has 0 saturated carbocycles. The van der Waals surface area contributed by atoms with Crippen molar-refractivity contribution in [2.75, 3.05) is 5.75 Å². The highest BCUT2D eigenvalue weighted by molar-refractivity contribution is 8.01. The minimum absolute atomic E-state index is 0.0439. The van der Waals surface area contributed by atoms with Crippen LogP contribution in [0.3, 0.4) is 0 Å². The number of sulfonamides is 1. The molecule has 0 unspecified atom stereocenters. The third-order valence-electron chi connectivity index (χ3n) is 4.75. The Morgan fingerprint density at radius 3 is 2.65 bits per heavy atom. The molecule has 1 heterocycles. The molecule has 0 spiro atoms. The lowest BCUT2D eigenvalue weighted by atomic mass is 10.1. The van der Waals surface area contributed by atoms with Crippen molar-refractivity contribution < 1.29 is 18.3 Å². The second-order valence-corrected chi connectivity index (χ2v) is 11.3. The number of aromatic nitrogens is 1. The zero-order valence-corrected chi connectivity index (χ0v) is 19.7. The van der Waals surface area contributed by atoms with Crippen molar-refractivity contribution in [1.82, 2.24) is 9.71 Å². The third-order valence-corrected chi connectivity index (χ3v) is 8.47. The van der Waals surface area contributed by atoms with Crippen molar-refractivity contribution in [1.29, 1.82) is 0 Å². The van der Waals surface area contributed by atoms with E-state index in [4.69, 9.17) is 0 Å². The molecule has 0 aliphatic carbocycles. The number of fused-ring (bicyclic) bond motifs is 1. The molecule has 1 aromatic heterocycles. The second kappa shape index (κ2) is 11.1. The number of benzene rings is 2. The van der Waals surface area contributed by atoms with E-state index in [-0.39, 0.29) is 11.3 Å². The van der Waals surface area contributed by atoms with E-state index in [1.54, 1.807) is 48.2 Å². The molecule has 0 aliphatic rings. The van der Waals surface area contributed by atoms with Gasteiger partial charge >= 0.3 is 5.97 Å². The van der Waals surface area contributed by atoms with Crippen molar-refractivity contribution in [3.8, 4) is 0 Å². The molecule has 0 amide bonds. The molecule has 0 bridgehead atoms. The summed E-state index contributed by atoms with van der Waals surface area (Å²) in [6.07, 6.45) is 4.84. The van der Waals surface area contributed by atoms with Crippen molar-refractivity contribution >= 4 is 49.3 Å². The molecule has 3 aromatic rings. The van der Waals surface area contributed by atoms with Gasteiger partial charge in [-0.25, -0.2) is 13.4 Å². The number of rotatable bonds is 12. The summed E-state index contributed by atoms with van der Waals surface area (Å²) in [7, 11) is -3.99. The van der Waals surface area contributed by atoms with Gasteiger partial charge in [0.1, 0.15) is 6.04 Å². The first-order valence-corrected chi connectivity index (χ1v) is 13.5. The molecule has 0 radical (unpaired) electrons. The third kappa shape index (κ3) is 6.77. The number of nitrogens with zero attached hydrogens (tertiary/aromatic N) is 1. The van der Waals surface area contributed by atoms with Crippen molar-refractivity contribution in [3.63, 3.8) is 0 Å². The average molecular weight is 479 g/mol. The van der Waals surface area contributed by atoms with Crippen LogP contribution in [0.1, 0.15) is 38.2 Å². The normalized spacial score (nSPS) is 12.8. The maximum absolute atomic E-state index is 12.9. The minimum Gasteiger partial charge on any atom is -0.480 e. The standard InChI is InChI=1S/C22H26N2O4S3/c1-2-3-4-8-13-29-22-23-18-12-11-17(15-20(18)30-22)31(27,28)24-19(21(25)26)14-16-9-6-5-7-10-16/h5-7,9-12,15,19,24H,2-4,8,13-14H2,1H3,(H,25,26)/t19-/m1/s1. The summed E-state index contributed by atoms with van der Waals surface area (Å²) >= 11 is 3.15. The highest BCUT2D eigenvalue weighted by Crippen LogP contribution is 2.31. The maximum atomic E-state index is 12.9. The molecule has 3 rings (SSSR count). The van der Waals surface area contributed by atoms with Crippen LogP contribution in [0.25, 0.3) is 10.2 Å². The van der Waals surface area contributed by atoms with Crippen molar-refractivity contribution in [3.05, 3.63) is 54.1 Å². The highest BCUT2D eigenvalue weighted by Gasteiger charge is 2.26. The summed E-state index contributed by atoms with van der Waals surface area (Å²) in [5.74, 6) is -0.222. The number of hydrogen-bond acceptors (Lipinski definition) is 6. The molecule has 0 aliphatic heterocycles. The number of hydrogen-bond donors (Lipinski definition) is 2. The van der Waals surface area contributed by atoms with E-state index in [0.717, 1.165) is 32.3 Å². The first kappa shape index (κ1) is 23.7. The lowest BCUT2D eigenvalue weighted by molar-refractivity contribution is -0.138. The van der Waals surface area contributed by atoms with E-state index in [2.05, 4.69) is 16.6 Å². The first-order valence-electron chi connectivity index (χ1n) is 10.2. The lowest BCUT2D eigenvalue weighted by Crippen LogP contribution is -2.42. The fourth-order valence-electron chi connectivity index (χ4n) is 3.09. The number of aliphatic carboxylic acids is 1. The lowest BCUT2D eigenvalue weighted by Gasteiger charge is -2.15. The van der Waals surface area contributed by atoms with Gasteiger partial charge in [0.05, 0.1) is 15.1 Å². The van der Waals surface area contributed by atoms with Crippen LogP contribution in [0.2, 0.25) is 0 Å². The predicted molar refractivity (Wildman–Crippen MR) is 126 cm³/mol. The van der Waals surface area contributed by atoms with Gasteiger partial charge in [0.25, 0.3) is 0 Å². The Morgan fingerprint density at radius 1 is 1.16 bits per heavy atom. The molecule has 166 valence electrons. The van der Waals surface area contributed by atoms with Crippen LogP contribution in [0.4, 0.5) is 0 Å². The largest absolute Gasteiger partial charge is 0.480 e. The van der Waals surface area contributed by atoms with E-state index < -0.39 is 22.0 Å². The number of carbonyl (C=O) groups is 1. The van der Waals surface area contributed by atoms with Crippen LogP contribution >= 0.6 is 23.1 Å². The molecule has 1 atom stereocenters. The topological polar surface area (TPSA) is 96.4 Å². The molecule has 6 nitrogen and oxygen atoms in total. The summed E-state index contributed by atoms with van der Waals surface area (Å²) < 4.78 is 29.8. The zero-order chi connectivity index (χ0) is 22.3. The summed E-state index contributed by atoms with van der Waals surface area (Å²) in [5, 5.41) is 9.52. The molecular formula is C22H26N2O4S3. The van der Waals surface area contributed by atoms with Gasteiger partial charge in [0.2, 0.25) is 10.0 Å². The van der Waals surface area contributed by atoms with Crippen LogP contribution in [-0.2, 0) is 21.2 Å². The Balaban J connectivity index is 1.72. The van der Waals surface area contributed by atoms with Gasteiger partial charge in [-0.1, -0.05) is 68.3 Å². The Kier molecular flexibility index (Phi) is 8.48. The Bertz CT molecular complexity index is 1110. The van der Waals surface area contributed by atoms with Gasteiger partial charge in [-0.2, -0.15) is 4.72 Å². The Morgan fingerprint density at radius 2 is 1.94 bits per heavy atom. The van der Waals surface area contributed by atoms with E-state index in [1.165, 1.54) is 36.7 Å². The van der Waals surface area contributed by atoms with Crippen LogP contribution < -0.4 is 4.72 Å². The molecule has 0 fully saturated rings. The van der Waals surface area contributed by atoms with E-state index in [0.29, 0.717) is 0 Å². The summed E-state index contributed by atoms with van der Waals surface area (Å²) in [5.41, 5.74) is 1.50. The van der Waals surface area contributed by atoms with Gasteiger partial charge in [-0.05, 0) is 36.6 Å². The quantitative estimate of drug-likeness (QED) is 0.283.